The molecule has 0 aliphatic carbocycles. The third kappa shape index (κ3) is 2.51. The summed E-state index contributed by atoms with van der Waals surface area (Å²) in [6, 6.07) is 5.62. The lowest BCUT2D eigenvalue weighted by Gasteiger charge is -2.06. The summed E-state index contributed by atoms with van der Waals surface area (Å²) in [7, 11) is 1.80. The van der Waals surface area contributed by atoms with Gasteiger partial charge >= 0.3 is 6.18 Å². The van der Waals surface area contributed by atoms with E-state index >= 15 is 0 Å². The number of furan rings is 1. The number of alkyl halides is 3. The third-order valence-electron chi connectivity index (χ3n) is 2.92. The van der Waals surface area contributed by atoms with Crippen molar-refractivity contribution in [1.29, 1.82) is 0 Å². The molecule has 1 aromatic heterocycles. The lowest BCUT2D eigenvalue weighted by molar-refractivity contribution is -0.136. The smallest absolute Gasteiger partial charge is 0.417 e. The minimum atomic E-state index is -4.35. The first-order chi connectivity index (χ1) is 8.41. The van der Waals surface area contributed by atoms with Crippen molar-refractivity contribution in [2.75, 3.05) is 7.05 Å². The van der Waals surface area contributed by atoms with Crippen LogP contribution in [0.5, 0.6) is 0 Å². The number of likely N-dealkylation sites (N-methyl/N-ethyl adjacent to an activating group) is 1. The molecule has 0 aliphatic heterocycles. The molecule has 2 nitrogen and oxygen atoms in total. The lowest BCUT2D eigenvalue weighted by Crippen LogP contribution is -2.23. The minimum absolute atomic E-state index is 0.128. The van der Waals surface area contributed by atoms with Gasteiger partial charge in [0, 0.05) is 17.8 Å². The second-order valence-electron chi connectivity index (χ2n) is 4.32. The van der Waals surface area contributed by atoms with Gasteiger partial charge in [-0.3, -0.25) is 0 Å². The van der Waals surface area contributed by atoms with Crippen LogP contribution in [-0.2, 0) is 12.6 Å². The van der Waals surface area contributed by atoms with Gasteiger partial charge in [0.05, 0.1) is 5.56 Å². The van der Waals surface area contributed by atoms with E-state index in [1.165, 1.54) is 12.1 Å². The van der Waals surface area contributed by atoms with Crippen LogP contribution >= 0.6 is 0 Å². The van der Waals surface area contributed by atoms with E-state index in [-0.39, 0.29) is 17.0 Å². The van der Waals surface area contributed by atoms with Gasteiger partial charge in [0.1, 0.15) is 11.3 Å². The fourth-order valence-electron chi connectivity index (χ4n) is 1.87. The van der Waals surface area contributed by atoms with Gasteiger partial charge in [-0.2, -0.15) is 13.2 Å². The van der Waals surface area contributed by atoms with Crippen LogP contribution in [0.1, 0.15) is 18.2 Å². The summed E-state index contributed by atoms with van der Waals surface area (Å²) in [4.78, 5) is 0. The van der Waals surface area contributed by atoms with Crippen LogP contribution < -0.4 is 5.32 Å². The van der Waals surface area contributed by atoms with E-state index < -0.39 is 11.7 Å². The molecule has 0 amide bonds. The summed E-state index contributed by atoms with van der Waals surface area (Å²) in [5.74, 6) is 0.559. The Bertz CT molecular complexity index is 545. The fourth-order valence-corrected chi connectivity index (χ4v) is 1.87. The Morgan fingerprint density at radius 3 is 2.67 bits per heavy atom. The van der Waals surface area contributed by atoms with Crippen molar-refractivity contribution in [3.05, 3.63) is 35.6 Å². The number of fused-ring (bicyclic) bond motifs is 1. The molecule has 98 valence electrons. The van der Waals surface area contributed by atoms with E-state index in [4.69, 9.17) is 4.42 Å². The monoisotopic (exact) mass is 257 g/mol. The van der Waals surface area contributed by atoms with Gasteiger partial charge in [0.15, 0.2) is 0 Å². The zero-order valence-electron chi connectivity index (χ0n) is 10.1. The zero-order valence-corrected chi connectivity index (χ0v) is 10.1. The highest BCUT2D eigenvalue weighted by molar-refractivity contribution is 5.82. The number of benzene rings is 1. The molecule has 0 saturated carbocycles. The van der Waals surface area contributed by atoms with Gasteiger partial charge in [0.25, 0.3) is 0 Å². The van der Waals surface area contributed by atoms with Crippen LogP contribution in [0.25, 0.3) is 11.0 Å². The zero-order chi connectivity index (χ0) is 13.3. The SMILES string of the molecule is CNC(C)Cc1cc2c(C(F)(F)F)cccc2o1. The quantitative estimate of drug-likeness (QED) is 0.908. The van der Waals surface area contributed by atoms with Crippen LogP contribution in [0.3, 0.4) is 0 Å². The Morgan fingerprint density at radius 1 is 1.33 bits per heavy atom. The summed E-state index contributed by atoms with van der Waals surface area (Å²) in [6.45, 7) is 1.94. The number of hydrogen-bond donors (Lipinski definition) is 1. The summed E-state index contributed by atoms with van der Waals surface area (Å²) in [6.07, 6.45) is -3.79. The van der Waals surface area contributed by atoms with E-state index in [0.717, 1.165) is 6.07 Å². The summed E-state index contributed by atoms with van der Waals surface area (Å²) >= 11 is 0. The van der Waals surface area contributed by atoms with E-state index in [2.05, 4.69) is 5.32 Å². The Hall–Kier alpha value is -1.49. The van der Waals surface area contributed by atoms with E-state index in [1.54, 1.807) is 13.1 Å². The molecular weight excluding hydrogens is 243 g/mol. The number of halogens is 3. The van der Waals surface area contributed by atoms with Crippen molar-refractivity contribution in [3.8, 4) is 0 Å². The second kappa shape index (κ2) is 4.65. The Morgan fingerprint density at radius 2 is 2.06 bits per heavy atom. The summed E-state index contributed by atoms with van der Waals surface area (Å²) in [5, 5.41) is 3.15. The predicted molar refractivity (Wildman–Crippen MR) is 63.4 cm³/mol. The molecule has 1 aromatic carbocycles. The van der Waals surface area contributed by atoms with E-state index in [1.807, 2.05) is 6.92 Å². The molecule has 0 bridgehead atoms. The largest absolute Gasteiger partial charge is 0.461 e. The molecule has 1 atom stereocenters. The van der Waals surface area contributed by atoms with Gasteiger partial charge in [-0.1, -0.05) is 6.07 Å². The molecule has 2 aromatic rings. The van der Waals surface area contributed by atoms with Crippen molar-refractivity contribution in [2.24, 2.45) is 0 Å². The Balaban J connectivity index is 2.45. The minimum Gasteiger partial charge on any atom is -0.461 e. The first kappa shape index (κ1) is 13.0. The molecule has 1 unspecified atom stereocenters. The molecule has 0 saturated heterocycles. The van der Waals surface area contributed by atoms with Crippen LogP contribution in [0.15, 0.2) is 28.7 Å². The average Bonchev–Trinajstić information content (AvgIpc) is 2.68. The summed E-state index contributed by atoms with van der Waals surface area (Å²) in [5.41, 5.74) is -0.366. The van der Waals surface area contributed by atoms with Crippen molar-refractivity contribution in [1.82, 2.24) is 5.32 Å². The lowest BCUT2D eigenvalue weighted by atomic mass is 10.1. The number of rotatable bonds is 3. The first-order valence-electron chi connectivity index (χ1n) is 5.67. The predicted octanol–water partition coefficient (Wildman–Crippen LogP) is 3.60. The van der Waals surface area contributed by atoms with Crippen LogP contribution in [0.4, 0.5) is 13.2 Å². The van der Waals surface area contributed by atoms with Gasteiger partial charge in [0.2, 0.25) is 0 Å². The van der Waals surface area contributed by atoms with E-state index in [9.17, 15) is 13.2 Å². The van der Waals surface area contributed by atoms with Crippen LogP contribution in [0.2, 0.25) is 0 Å². The third-order valence-corrected chi connectivity index (χ3v) is 2.92. The molecule has 1 N–H and O–H groups in total. The van der Waals surface area contributed by atoms with Gasteiger partial charge in [-0.15, -0.1) is 0 Å². The maximum absolute atomic E-state index is 12.8. The molecule has 5 heteroatoms. The highest BCUT2D eigenvalue weighted by Crippen LogP contribution is 2.36. The Labute approximate surface area is 103 Å². The highest BCUT2D eigenvalue weighted by atomic mass is 19.4. The molecular formula is C13H14F3NO. The maximum Gasteiger partial charge on any atom is 0.417 e. The first-order valence-corrected chi connectivity index (χ1v) is 5.67. The van der Waals surface area contributed by atoms with Crippen molar-refractivity contribution < 1.29 is 17.6 Å². The molecule has 18 heavy (non-hydrogen) atoms. The molecule has 0 fully saturated rings. The van der Waals surface area contributed by atoms with E-state index in [0.29, 0.717) is 12.2 Å². The van der Waals surface area contributed by atoms with Gasteiger partial charge in [-0.05, 0) is 32.2 Å². The number of hydrogen-bond acceptors (Lipinski definition) is 2. The molecule has 0 radical (unpaired) electrons. The van der Waals surface area contributed by atoms with Crippen molar-refractivity contribution in [2.45, 2.75) is 25.6 Å². The van der Waals surface area contributed by atoms with Crippen molar-refractivity contribution >= 4 is 11.0 Å². The molecule has 0 aliphatic rings. The fraction of sp³-hybridized carbons (Fsp3) is 0.385. The maximum atomic E-state index is 12.8. The Kier molecular flexibility index (Phi) is 3.34. The highest BCUT2D eigenvalue weighted by Gasteiger charge is 2.33. The second-order valence-corrected chi connectivity index (χ2v) is 4.32. The van der Waals surface area contributed by atoms with Crippen LogP contribution in [-0.4, -0.2) is 13.1 Å². The average molecular weight is 257 g/mol. The van der Waals surface area contributed by atoms with Crippen LogP contribution in [0, 0.1) is 0 Å². The topological polar surface area (TPSA) is 25.2 Å². The normalized spacial score (nSPS) is 14.1. The van der Waals surface area contributed by atoms with Gasteiger partial charge < -0.3 is 9.73 Å². The van der Waals surface area contributed by atoms with Gasteiger partial charge in [-0.25, -0.2) is 0 Å². The standard InChI is InChI=1S/C13H14F3NO/c1-8(17-2)6-9-7-10-11(13(14,15)16)4-3-5-12(10)18-9/h3-5,7-8,17H,6H2,1-2H3. The van der Waals surface area contributed by atoms with Crippen molar-refractivity contribution in [3.63, 3.8) is 0 Å². The number of nitrogens with one attached hydrogen (secondary N) is 1. The molecule has 2 rings (SSSR count). The molecule has 1 heterocycles. The summed E-state index contributed by atoms with van der Waals surface area (Å²) < 4.78 is 43.8. The molecule has 0 spiro atoms.